The van der Waals surface area contributed by atoms with Gasteiger partial charge < -0.3 is 14.8 Å². The molecule has 0 saturated carbocycles. The molecular weight excluding hydrogens is 242 g/mol. The first kappa shape index (κ1) is 13.4. The monoisotopic (exact) mass is 261 g/mol. The van der Waals surface area contributed by atoms with Gasteiger partial charge in [-0.3, -0.25) is 4.68 Å². The van der Waals surface area contributed by atoms with E-state index >= 15 is 0 Å². The first-order chi connectivity index (χ1) is 9.24. The van der Waals surface area contributed by atoms with Crippen molar-refractivity contribution in [3.8, 4) is 5.75 Å². The Morgan fingerprint density at radius 2 is 2.11 bits per heavy atom. The van der Waals surface area contributed by atoms with Crippen LogP contribution in [0, 0.1) is 0 Å². The summed E-state index contributed by atoms with van der Waals surface area (Å²) in [4.78, 5) is 0. The van der Waals surface area contributed by atoms with Crippen molar-refractivity contribution in [3.63, 3.8) is 0 Å². The van der Waals surface area contributed by atoms with E-state index in [1.54, 1.807) is 25.1 Å². The molecule has 0 spiro atoms. The largest absolute Gasteiger partial charge is 0.496 e. The van der Waals surface area contributed by atoms with Crippen molar-refractivity contribution in [1.29, 1.82) is 0 Å². The van der Waals surface area contributed by atoms with Crippen molar-refractivity contribution in [2.45, 2.75) is 13.2 Å². The van der Waals surface area contributed by atoms with Crippen LogP contribution in [0.25, 0.3) is 0 Å². The number of benzene rings is 1. The second-order valence-corrected chi connectivity index (χ2v) is 4.27. The Morgan fingerprint density at radius 1 is 1.26 bits per heavy atom. The molecule has 0 bridgehead atoms. The van der Waals surface area contributed by atoms with Crippen LogP contribution in [0.5, 0.6) is 5.75 Å². The van der Waals surface area contributed by atoms with Crippen molar-refractivity contribution < 1.29 is 9.47 Å². The molecule has 1 aromatic carbocycles. The van der Waals surface area contributed by atoms with E-state index in [1.807, 2.05) is 25.2 Å². The molecule has 0 aliphatic heterocycles. The number of rotatable bonds is 6. The standard InChI is InChI=1S/C14H19N3O2/c1-17-14(6-7-16-17)15-9-11-4-5-13(19-3)12(8-11)10-18-2/h4-8,15H,9-10H2,1-3H3. The summed E-state index contributed by atoms with van der Waals surface area (Å²) in [5.41, 5.74) is 2.23. The highest BCUT2D eigenvalue weighted by atomic mass is 16.5. The lowest BCUT2D eigenvalue weighted by atomic mass is 10.1. The summed E-state index contributed by atoms with van der Waals surface area (Å²) in [5, 5.41) is 7.45. The maximum atomic E-state index is 5.31. The van der Waals surface area contributed by atoms with E-state index in [0.717, 1.165) is 23.7 Å². The fourth-order valence-electron chi connectivity index (χ4n) is 1.95. The van der Waals surface area contributed by atoms with E-state index in [0.29, 0.717) is 6.61 Å². The Hall–Kier alpha value is -2.01. The molecule has 5 heteroatoms. The van der Waals surface area contributed by atoms with Crippen molar-refractivity contribution in [3.05, 3.63) is 41.6 Å². The van der Waals surface area contributed by atoms with Crippen LogP contribution in [0.3, 0.4) is 0 Å². The van der Waals surface area contributed by atoms with Crippen LogP contribution in [-0.4, -0.2) is 24.0 Å². The van der Waals surface area contributed by atoms with Crippen LogP contribution < -0.4 is 10.1 Å². The van der Waals surface area contributed by atoms with Crippen LogP contribution >= 0.6 is 0 Å². The molecule has 5 nitrogen and oxygen atoms in total. The number of aryl methyl sites for hydroxylation is 1. The lowest BCUT2D eigenvalue weighted by molar-refractivity contribution is 0.181. The number of methoxy groups -OCH3 is 2. The predicted octanol–water partition coefficient (Wildman–Crippen LogP) is 2.19. The lowest BCUT2D eigenvalue weighted by Crippen LogP contribution is -2.05. The SMILES string of the molecule is COCc1cc(CNc2ccnn2C)ccc1OC. The third-order valence-electron chi connectivity index (χ3n) is 2.94. The molecule has 1 heterocycles. The third-order valence-corrected chi connectivity index (χ3v) is 2.94. The van der Waals surface area contributed by atoms with Gasteiger partial charge in [-0.05, 0) is 17.7 Å². The number of nitrogens with zero attached hydrogens (tertiary/aromatic N) is 2. The Labute approximate surface area is 113 Å². The molecule has 0 fully saturated rings. The number of aromatic nitrogens is 2. The minimum Gasteiger partial charge on any atom is -0.496 e. The second-order valence-electron chi connectivity index (χ2n) is 4.27. The highest BCUT2D eigenvalue weighted by molar-refractivity contribution is 5.40. The van der Waals surface area contributed by atoms with Crippen molar-refractivity contribution in [2.24, 2.45) is 7.05 Å². The van der Waals surface area contributed by atoms with E-state index in [9.17, 15) is 0 Å². The summed E-state index contributed by atoms with van der Waals surface area (Å²) in [6.07, 6.45) is 1.77. The molecule has 2 rings (SSSR count). The molecule has 0 aliphatic carbocycles. The lowest BCUT2D eigenvalue weighted by Gasteiger charge is -2.11. The number of ether oxygens (including phenoxy) is 2. The van der Waals surface area contributed by atoms with Gasteiger partial charge in [0.15, 0.2) is 0 Å². The number of hydrogen-bond donors (Lipinski definition) is 1. The van der Waals surface area contributed by atoms with E-state index in [-0.39, 0.29) is 0 Å². The van der Waals surface area contributed by atoms with Gasteiger partial charge in [0.2, 0.25) is 0 Å². The third kappa shape index (κ3) is 3.26. The van der Waals surface area contributed by atoms with Crippen LogP contribution in [0.2, 0.25) is 0 Å². The fourth-order valence-corrected chi connectivity index (χ4v) is 1.95. The van der Waals surface area contributed by atoms with Gasteiger partial charge >= 0.3 is 0 Å². The van der Waals surface area contributed by atoms with Crippen LogP contribution in [0.15, 0.2) is 30.5 Å². The molecule has 1 aromatic heterocycles. The molecule has 0 saturated heterocycles. The van der Waals surface area contributed by atoms with Gasteiger partial charge in [-0.15, -0.1) is 0 Å². The van der Waals surface area contributed by atoms with Gasteiger partial charge in [0.25, 0.3) is 0 Å². The quantitative estimate of drug-likeness (QED) is 0.866. The minimum atomic E-state index is 0.544. The first-order valence-corrected chi connectivity index (χ1v) is 6.11. The van der Waals surface area contributed by atoms with Gasteiger partial charge in [-0.25, -0.2) is 0 Å². The van der Waals surface area contributed by atoms with Gasteiger partial charge in [0.1, 0.15) is 11.6 Å². The van der Waals surface area contributed by atoms with E-state index in [2.05, 4.69) is 16.5 Å². The normalized spacial score (nSPS) is 10.5. The number of anilines is 1. The molecule has 0 amide bonds. The number of nitrogens with one attached hydrogen (secondary N) is 1. The molecule has 0 atom stereocenters. The summed E-state index contributed by atoms with van der Waals surface area (Å²) in [7, 11) is 5.26. The van der Waals surface area contributed by atoms with Crippen LogP contribution in [-0.2, 0) is 24.9 Å². The zero-order chi connectivity index (χ0) is 13.7. The summed E-state index contributed by atoms with van der Waals surface area (Å²) >= 11 is 0. The van der Waals surface area contributed by atoms with Crippen LogP contribution in [0.1, 0.15) is 11.1 Å². The fraction of sp³-hybridized carbons (Fsp3) is 0.357. The van der Waals surface area contributed by atoms with Gasteiger partial charge in [-0.2, -0.15) is 5.10 Å². The highest BCUT2D eigenvalue weighted by Crippen LogP contribution is 2.21. The average molecular weight is 261 g/mol. The Balaban J connectivity index is 2.08. The van der Waals surface area contributed by atoms with Crippen molar-refractivity contribution >= 4 is 5.82 Å². The molecular formula is C14H19N3O2. The van der Waals surface area contributed by atoms with E-state index in [1.165, 1.54) is 5.56 Å². The molecule has 102 valence electrons. The molecule has 0 aliphatic rings. The van der Waals surface area contributed by atoms with Gasteiger partial charge in [0, 0.05) is 32.3 Å². The molecule has 0 unspecified atom stereocenters. The Kier molecular flexibility index (Phi) is 4.41. The Bertz CT molecular complexity index is 537. The molecule has 19 heavy (non-hydrogen) atoms. The summed E-state index contributed by atoms with van der Waals surface area (Å²) in [6.45, 7) is 1.28. The maximum Gasteiger partial charge on any atom is 0.124 e. The predicted molar refractivity (Wildman–Crippen MR) is 74.2 cm³/mol. The van der Waals surface area contributed by atoms with Crippen LogP contribution in [0.4, 0.5) is 5.82 Å². The van der Waals surface area contributed by atoms with Crippen molar-refractivity contribution in [1.82, 2.24) is 9.78 Å². The second kappa shape index (κ2) is 6.24. The number of hydrogen-bond acceptors (Lipinski definition) is 4. The highest BCUT2D eigenvalue weighted by Gasteiger charge is 2.05. The zero-order valence-corrected chi connectivity index (χ0v) is 11.5. The minimum absolute atomic E-state index is 0.544. The summed E-state index contributed by atoms with van der Waals surface area (Å²) < 4.78 is 12.3. The molecule has 2 aromatic rings. The van der Waals surface area contributed by atoms with Gasteiger partial charge in [-0.1, -0.05) is 6.07 Å². The summed E-state index contributed by atoms with van der Waals surface area (Å²) in [6, 6.07) is 8.04. The van der Waals surface area contributed by atoms with Crippen molar-refractivity contribution in [2.75, 3.05) is 19.5 Å². The zero-order valence-electron chi connectivity index (χ0n) is 11.5. The Morgan fingerprint density at radius 3 is 2.74 bits per heavy atom. The maximum absolute atomic E-state index is 5.31. The smallest absolute Gasteiger partial charge is 0.124 e. The average Bonchev–Trinajstić information content (AvgIpc) is 2.82. The summed E-state index contributed by atoms with van der Waals surface area (Å²) in [5.74, 6) is 1.84. The molecule has 0 radical (unpaired) electrons. The topological polar surface area (TPSA) is 48.3 Å². The van der Waals surface area contributed by atoms with E-state index < -0.39 is 0 Å². The van der Waals surface area contributed by atoms with Gasteiger partial charge in [0.05, 0.1) is 19.9 Å². The first-order valence-electron chi connectivity index (χ1n) is 6.11. The molecule has 1 N–H and O–H groups in total. The van der Waals surface area contributed by atoms with E-state index in [4.69, 9.17) is 9.47 Å².